The van der Waals surface area contributed by atoms with Gasteiger partial charge in [-0.3, -0.25) is 15.6 Å². The minimum absolute atomic E-state index is 0.0711. The van der Waals surface area contributed by atoms with E-state index >= 15 is 0 Å². The van der Waals surface area contributed by atoms with Gasteiger partial charge in [0.05, 0.1) is 11.4 Å². The molecule has 0 unspecified atom stereocenters. The number of hydrogen-bond donors (Lipinski definition) is 3. The molecule has 0 amide bonds. The first-order chi connectivity index (χ1) is 11.1. The number of hydrazine groups is 1. The second-order valence-corrected chi connectivity index (χ2v) is 6.19. The summed E-state index contributed by atoms with van der Waals surface area (Å²) < 4.78 is 0. The highest BCUT2D eigenvalue weighted by Gasteiger charge is 2.17. The molecule has 0 fully saturated rings. The highest BCUT2D eigenvalue weighted by molar-refractivity contribution is 7.14. The van der Waals surface area contributed by atoms with E-state index in [-0.39, 0.29) is 5.78 Å². The first-order valence-corrected chi connectivity index (χ1v) is 8.17. The Morgan fingerprint density at radius 3 is 2.57 bits per heavy atom. The number of aromatic nitrogens is 2. The first-order valence-electron chi connectivity index (χ1n) is 7.29. The molecular weight excluding hydrogens is 308 g/mol. The van der Waals surface area contributed by atoms with E-state index in [0.29, 0.717) is 0 Å². The summed E-state index contributed by atoms with van der Waals surface area (Å²) in [5.74, 6) is 0.0711. The lowest BCUT2D eigenvalue weighted by molar-refractivity contribution is 0.101. The molecule has 1 aromatic carbocycles. The van der Waals surface area contributed by atoms with Gasteiger partial charge in [0.15, 0.2) is 5.78 Å². The van der Waals surface area contributed by atoms with Crippen molar-refractivity contribution < 1.29 is 4.79 Å². The van der Waals surface area contributed by atoms with E-state index in [1.165, 1.54) is 11.3 Å². The number of ketones is 1. The molecule has 23 heavy (non-hydrogen) atoms. The molecule has 0 spiro atoms. The third-order valence-electron chi connectivity index (χ3n) is 3.64. The minimum Gasteiger partial charge on any atom is -0.356 e. The lowest BCUT2D eigenvalue weighted by Crippen LogP contribution is -2.07. The van der Waals surface area contributed by atoms with Gasteiger partial charge in [-0.2, -0.15) is 0 Å². The van der Waals surface area contributed by atoms with Crippen LogP contribution in [-0.2, 0) is 0 Å². The van der Waals surface area contributed by atoms with Crippen LogP contribution in [0.2, 0.25) is 0 Å². The number of hydrogen-bond acceptors (Lipinski definition) is 5. The van der Waals surface area contributed by atoms with Crippen LogP contribution in [0, 0.1) is 13.8 Å². The van der Waals surface area contributed by atoms with Crippen molar-refractivity contribution in [2.45, 2.75) is 20.8 Å². The monoisotopic (exact) mass is 326 g/mol. The number of H-pyrrole nitrogens is 1. The van der Waals surface area contributed by atoms with Crippen LogP contribution in [0.5, 0.6) is 0 Å². The van der Waals surface area contributed by atoms with Crippen LogP contribution in [0.1, 0.15) is 28.5 Å². The largest absolute Gasteiger partial charge is 0.356 e. The predicted octanol–water partition coefficient (Wildman–Crippen LogP) is 4.40. The molecule has 5 nitrogen and oxygen atoms in total. The predicted molar refractivity (Wildman–Crippen MR) is 95.1 cm³/mol. The summed E-state index contributed by atoms with van der Waals surface area (Å²) in [5, 5.41) is 2.73. The molecule has 0 aliphatic heterocycles. The van der Waals surface area contributed by atoms with Crippen LogP contribution >= 0.6 is 11.3 Å². The van der Waals surface area contributed by atoms with Crippen LogP contribution in [0.3, 0.4) is 0 Å². The van der Waals surface area contributed by atoms with Gasteiger partial charge in [0, 0.05) is 16.6 Å². The quantitative estimate of drug-likeness (QED) is 0.480. The van der Waals surface area contributed by atoms with E-state index in [1.807, 2.05) is 49.6 Å². The third kappa shape index (κ3) is 3.12. The number of rotatable bonds is 5. The second kappa shape index (κ2) is 6.26. The molecule has 0 bridgehead atoms. The molecule has 2 aromatic heterocycles. The molecule has 118 valence electrons. The Balaban J connectivity index is 1.80. The Morgan fingerprint density at radius 2 is 1.91 bits per heavy atom. The number of benzene rings is 1. The van der Waals surface area contributed by atoms with Crippen LogP contribution in [0.15, 0.2) is 35.7 Å². The van der Waals surface area contributed by atoms with Crippen molar-refractivity contribution in [2.24, 2.45) is 0 Å². The summed E-state index contributed by atoms with van der Waals surface area (Å²) >= 11 is 1.51. The highest BCUT2D eigenvalue weighted by atomic mass is 32.1. The number of nitrogens with zero attached hydrogens (tertiary/aromatic N) is 1. The maximum atomic E-state index is 11.7. The molecule has 6 heteroatoms. The van der Waals surface area contributed by atoms with Gasteiger partial charge in [0.1, 0.15) is 5.69 Å². The standard InChI is InChI=1S/C17H18N4OS/c1-10-15(12(3)22)11(2)18-16(10)14-9-23-17(19-14)21-20-13-7-5-4-6-8-13/h4-9,18,20H,1-3H3,(H,19,21). The number of carbonyl (C=O) groups excluding carboxylic acids is 1. The van der Waals surface area contributed by atoms with Crippen LogP contribution < -0.4 is 10.9 Å². The number of para-hydroxylation sites is 1. The Hall–Kier alpha value is -2.60. The van der Waals surface area contributed by atoms with E-state index in [4.69, 9.17) is 0 Å². The van der Waals surface area contributed by atoms with E-state index < -0.39 is 0 Å². The number of nitrogens with one attached hydrogen (secondary N) is 3. The van der Waals surface area contributed by atoms with Gasteiger partial charge < -0.3 is 4.98 Å². The average Bonchev–Trinajstić information content (AvgIpc) is 3.10. The Labute approximate surface area is 138 Å². The van der Waals surface area contributed by atoms with Crippen LogP contribution in [0.25, 0.3) is 11.4 Å². The van der Waals surface area contributed by atoms with E-state index in [1.54, 1.807) is 6.92 Å². The van der Waals surface area contributed by atoms with Crippen molar-refractivity contribution >= 4 is 27.9 Å². The maximum absolute atomic E-state index is 11.7. The lowest BCUT2D eigenvalue weighted by Gasteiger charge is -2.05. The SMILES string of the molecule is CC(=O)c1c(C)[nH]c(-c2csc(NNc3ccccc3)n2)c1C. The number of aryl methyl sites for hydroxylation is 1. The van der Waals surface area contributed by atoms with Gasteiger partial charge in [-0.15, -0.1) is 11.3 Å². The molecule has 0 aliphatic carbocycles. The zero-order chi connectivity index (χ0) is 16.4. The fourth-order valence-corrected chi connectivity index (χ4v) is 3.28. The van der Waals surface area contributed by atoms with Crippen LogP contribution in [0.4, 0.5) is 10.8 Å². The zero-order valence-electron chi connectivity index (χ0n) is 13.2. The molecule has 3 N–H and O–H groups in total. The van der Waals surface area contributed by atoms with Crippen molar-refractivity contribution in [3.63, 3.8) is 0 Å². The van der Waals surface area contributed by atoms with E-state index in [9.17, 15) is 4.79 Å². The Bertz CT molecular complexity index is 836. The second-order valence-electron chi connectivity index (χ2n) is 5.34. The van der Waals surface area contributed by atoms with Gasteiger partial charge in [-0.05, 0) is 38.5 Å². The van der Waals surface area contributed by atoms with Crippen molar-refractivity contribution in [1.82, 2.24) is 9.97 Å². The van der Waals surface area contributed by atoms with Crippen molar-refractivity contribution in [1.29, 1.82) is 0 Å². The fraction of sp³-hybridized carbons (Fsp3) is 0.176. The Morgan fingerprint density at radius 1 is 1.17 bits per heavy atom. The molecule has 0 atom stereocenters. The average molecular weight is 326 g/mol. The summed E-state index contributed by atoms with van der Waals surface area (Å²) in [5.41, 5.74) is 11.5. The summed E-state index contributed by atoms with van der Waals surface area (Å²) in [7, 11) is 0. The summed E-state index contributed by atoms with van der Waals surface area (Å²) in [4.78, 5) is 19.6. The minimum atomic E-state index is 0.0711. The molecule has 0 saturated carbocycles. The van der Waals surface area contributed by atoms with E-state index in [0.717, 1.165) is 39.0 Å². The molecular formula is C17H18N4OS. The molecule has 3 aromatic rings. The molecule has 0 aliphatic rings. The smallest absolute Gasteiger partial charge is 0.202 e. The molecule has 2 heterocycles. The van der Waals surface area contributed by atoms with Crippen molar-refractivity contribution in [2.75, 3.05) is 10.9 Å². The number of anilines is 2. The first kappa shape index (κ1) is 15.3. The fourth-order valence-electron chi connectivity index (χ4n) is 2.63. The van der Waals surface area contributed by atoms with Crippen molar-refractivity contribution in [3.8, 4) is 11.4 Å². The van der Waals surface area contributed by atoms with E-state index in [2.05, 4.69) is 20.8 Å². The van der Waals surface area contributed by atoms with Gasteiger partial charge in [0.2, 0.25) is 5.13 Å². The van der Waals surface area contributed by atoms with Crippen LogP contribution in [-0.4, -0.2) is 15.8 Å². The van der Waals surface area contributed by atoms with Gasteiger partial charge in [-0.1, -0.05) is 18.2 Å². The zero-order valence-corrected chi connectivity index (χ0v) is 14.0. The van der Waals surface area contributed by atoms with Gasteiger partial charge >= 0.3 is 0 Å². The number of aromatic amines is 1. The lowest BCUT2D eigenvalue weighted by atomic mass is 10.1. The van der Waals surface area contributed by atoms with Gasteiger partial charge in [0.25, 0.3) is 0 Å². The number of Topliss-reactive ketones (excluding diaryl/α,β-unsaturated/α-hetero) is 1. The molecule has 3 rings (SSSR count). The molecule has 0 saturated heterocycles. The maximum Gasteiger partial charge on any atom is 0.202 e. The summed E-state index contributed by atoms with van der Waals surface area (Å²) in [6.07, 6.45) is 0. The topological polar surface area (TPSA) is 69.8 Å². The summed E-state index contributed by atoms with van der Waals surface area (Å²) in [6, 6.07) is 9.84. The Kier molecular flexibility index (Phi) is 4.16. The van der Waals surface area contributed by atoms with Gasteiger partial charge in [-0.25, -0.2) is 4.98 Å². The normalized spacial score (nSPS) is 10.6. The van der Waals surface area contributed by atoms with Crippen molar-refractivity contribution in [3.05, 3.63) is 52.5 Å². The third-order valence-corrected chi connectivity index (χ3v) is 4.40. The molecule has 0 radical (unpaired) electrons. The highest BCUT2D eigenvalue weighted by Crippen LogP contribution is 2.30. The number of thiazole rings is 1. The number of carbonyl (C=O) groups is 1. The summed E-state index contributed by atoms with van der Waals surface area (Å²) in [6.45, 7) is 5.45.